The Morgan fingerprint density at radius 3 is 2.28 bits per heavy atom. The minimum absolute atomic E-state index is 0.0188. The predicted molar refractivity (Wildman–Crippen MR) is 153 cm³/mol. The number of rotatable bonds is 8. The first-order valence-electron chi connectivity index (χ1n) is 12.6. The zero-order chi connectivity index (χ0) is 27.8. The molecule has 7 nitrogen and oxygen atoms in total. The van der Waals surface area contributed by atoms with E-state index in [2.05, 4.69) is 10.3 Å². The number of hydrogen-bond acceptors (Lipinski definition) is 5. The summed E-state index contributed by atoms with van der Waals surface area (Å²) < 4.78 is 13.6. The molecule has 0 saturated carbocycles. The van der Waals surface area contributed by atoms with Gasteiger partial charge in [0.1, 0.15) is 23.8 Å². The van der Waals surface area contributed by atoms with E-state index in [1.54, 1.807) is 22.9 Å². The number of carbonyl (C=O) groups is 1. The van der Waals surface area contributed by atoms with Crippen LogP contribution in [0.15, 0.2) is 65.2 Å². The largest absolute Gasteiger partial charge is 0.489 e. The SMILES string of the molecule is CC(C)c1onc(-c2c(Cl)cccc2Cl)c1COc1ccc(-c2ccc3c(C(=O)O)nn(C(C)C)c3c2)cc1. The third kappa shape index (κ3) is 5.12. The first-order chi connectivity index (χ1) is 18.7. The summed E-state index contributed by atoms with van der Waals surface area (Å²) in [6.07, 6.45) is 0. The van der Waals surface area contributed by atoms with Gasteiger partial charge in [0.2, 0.25) is 0 Å². The molecule has 0 radical (unpaired) electrons. The molecule has 5 aromatic rings. The van der Waals surface area contributed by atoms with E-state index in [4.69, 9.17) is 32.5 Å². The van der Waals surface area contributed by atoms with Crippen molar-refractivity contribution in [2.75, 3.05) is 0 Å². The lowest BCUT2D eigenvalue weighted by molar-refractivity contribution is 0.0691. The predicted octanol–water partition coefficient (Wildman–Crippen LogP) is 8.65. The van der Waals surface area contributed by atoms with Gasteiger partial charge in [-0.3, -0.25) is 4.68 Å². The number of fused-ring (bicyclic) bond motifs is 1. The van der Waals surface area contributed by atoms with Gasteiger partial charge in [0.05, 0.1) is 21.1 Å². The topological polar surface area (TPSA) is 90.4 Å². The van der Waals surface area contributed by atoms with Crippen LogP contribution >= 0.6 is 23.2 Å². The van der Waals surface area contributed by atoms with Crippen molar-refractivity contribution in [3.8, 4) is 28.1 Å². The number of hydrogen-bond donors (Lipinski definition) is 1. The zero-order valence-corrected chi connectivity index (χ0v) is 23.4. The molecule has 0 aliphatic heterocycles. The molecule has 1 N–H and O–H groups in total. The van der Waals surface area contributed by atoms with E-state index in [0.29, 0.717) is 38.2 Å². The molecule has 0 saturated heterocycles. The molecule has 200 valence electrons. The molecule has 0 fully saturated rings. The van der Waals surface area contributed by atoms with Crippen LogP contribution in [-0.2, 0) is 6.61 Å². The molecule has 2 aromatic heterocycles. The van der Waals surface area contributed by atoms with E-state index in [1.165, 1.54) is 0 Å². The van der Waals surface area contributed by atoms with Crippen molar-refractivity contribution in [1.29, 1.82) is 0 Å². The number of carboxylic acids is 1. The highest BCUT2D eigenvalue weighted by Crippen LogP contribution is 2.39. The minimum Gasteiger partial charge on any atom is -0.489 e. The lowest BCUT2D eigenvalue weighted by Crippen LogP contribution is -2.05. The Bertz CT molecular complexity index is 1650. The number of halogens is 2. The number of carboxylic acid groups (broad SMARTS) is 1. The molecule has 0 amide bonds. The Kier molecular flexibility index (Phi) is 7.38. The Morgan fingerprint density at radius 2 is 1.67 bits per heavy atom. The van der Waals surface area contributed by atoms with Gasteiger partial charge in [0, 0.05) is 22.9 Å². The molecule has 2 heterocycles. The molecule has 9 heteroatoms. The van der Waals surface area contributed by atoms with E-state index in [0.717, 1.165) is 22.2 Å². The van der Waals surface area contributed by atoms with Crippen LogP contribution in [0, 0.1) is 0 Å². The van der Waals surface area contributed by atoms with Gasteiger partial charge in [-0.05, 0) is 61.4 Å². The molecule has 0 unspecified atom stereocenters. The molecule has 3 aromatic carbocycles. The van der Waals surface area contributed by atoms with Crippen LogP contribution in [0.4, 0.5) is 0 Å². The van der Waals surface area contributed by atoms with Crippen molar-refractivity contribution in [3.05, 3.63) is 87.7 Å². The average molecular weight is 564 g/mol. The van der Waals surface area contributed by atoms with Gasteiger partial charge in [0.15, 0.2) is 5.69 Å². The summed E-state index contributed by atoms with van der Waals surface area (Å²) in [4.78, 5) is 11.7. The van der Waals surface area contributed by atoms with Crippen molar-refractivity contribution >= 4 is 40.1 Å². The fourth-order valence-corrected chi connectivity index (χ4v) is 5.18. The third-order valence-electron chi connectivity index (χ3n) is 6.51. The van der Waals surface area contributed by atoms with E-state index < -0.39 is 5.97 Å². The van der Waals surface area contributed by atoms with Crippen molar-refractivity contribution in [2.45, 2.75) is 46.3 Å². The van der Waals surface area contributed by atoms with Gasteiger partial charge >= 0.3 is 5.97 Å². The molecule has 0 bridgehead atoms. The second-order valence-electron chi connectivity index (χ2n) is 9.86. The molecule has 0 spiro atoms. The maximum Gasteiger partial charge on any atom is 0.357 e. The van der Waals surface area contributed by atoms with Gasteiger partial charge in [0.25, 0.3) is 0 Å². The van der Waals surface area contributed by atoms with Gasteiger partial charge in [-0.25, -0.2) is 4.79 Å². The molecular weight excluding hydrogens is 537 g/mol. The quantitative estimate of drug-likeness (QED) is 0.203. The molecule has 0 atom stereocenters. The number of aromatic carboxylic acids is 1. The molecule has 39 heavy (non-hydrogen) atoms. The summed E-state index contributed by atoms with van der Waals surface area (Å²) in [5, 5.41) is 19.7. The van der Waals surface area contributed by atoms with Crippen LogP contribution in [0.5, 0.6) is 5.75 Å². The zero-order valence-electron chi connectivity index (χ0n) is 21.9. The van der Waals surface area contributed by atoms with Gasteiger partial charge < -0.3 is 14.4 Å². The Labute approximate surface area is 235 Å². The molecular formula is C30H27Cl2N3O4. The highest BCUT2D eigenvalue weighted by atomic mass is 35.5. The fourth-order valence-electron chi connectivity index (χ4n) is 4.60. The third-order valence-corrected chi connectivity index (χ3v) is 7.14. The lowest BCUT2D eigenvalue weighted by Gasteiger charge is -2.11. The van der Waals surface area contributed by atoms with Crippen molar-refractivity contribution in [2.24, 2.45) is 0 Å². The first-order valence-corrected chi connectivity index (χ1v) is 13.3. The average Bonchev–Trinajstić information content (AvgIpc) is 3.49. The number of aromatic nitrogens is 3. The van der Waals surface area contributed by atoms with Gasteiger partial charge in [-0.1, -0.05) is 66.5 Å². The monoisotopic (exact) mass is 563 g/mol. The van der Waals surface area contributed by atoms with Crippen LogP contribution in [0.1, 0.15) is 61.5 Å². The van der Waals surface area contributed by atoms with Crippen molar-refractivity contribution in [1.82, 2.24) is 14.9 Å². The second kappa shape index (κ2) is 10.8. The summed E-state index contributed by atoms with van der Waals surface area (Å²) in [6, 6.07) is 18.7. The van der Waals surface area contributed by atoms with Crippen molar-refractivity contribution < 1.29 is 19.2 Å². The number of ether oxygens (including phenoxy) is 1. The van der Waals surface area contributed by atoms with Crippen LogP contribution in [0.25, 0.3) is 33.3 Å². The first kappa shape index (κ1) is 26.8. The van der Waals surface area contributed by atoms with E-state index in [9.17, 15) is 9.90 Å². The highest BCUT2D eigenvalue weighted by Gasteiger charge is 2.24. The standard InChI is InChI=1S/C30H27Cl2N3O4/c1-16(2)29-22(27(34-39-29)26-23(31)6-5-7-24(26)32)15-38-20-11-8-18(9-12-20)19-10-13-21-25(14-19)35(17(3)4)33-28(21)30(36)37/h5-14,16-17H,15H2,1-4H3,(H,36,37). The van der Waals surface area contributed by atoms with E-state index in [-0.39, 0.29) is 24.3 Å². The summed E-state index contributed by atoms with van der Waals surface area (Å²) in [7, 11) is 0. The van der Waals surface area contributed by atoms with Gasteiger partial charge in [-0.2, -0.15) is 5.10 Å². The lowest BCUT2D eigenvalue weighted by atomic mass is 10.0. The number of benzene rings is 3. The van der Waals surface area contributed by atoms with Gasteiger partial charge in [-0.15, -0.1) is 0 Å². The molecule has 0 aliphatic carbocycles. The molecule has 5 rings (SSSR count). The molecule has 0 aliphatic rings. The normalized spacial score (nSPS) is 11.6. The van der Waals surface area contributed by atoms with Crippen LogP contribution in [-0.4, -0.2) is 26.0 Å². The van der Waals surface area contributed by atoms with Crippen LogP contribution < -0.4 is 4.74 Å². The smallest absolute Gasteiger partial charge is 0.357 e. The van der Waals surface area contributed by atoms with Crippen LogP contribution in [0.2, 0.25) is 10.0 Å². The minimum atomic E-state index is -1.04. The fraction of sp³-hybridized carbons (Fsp3) is 0.233. The summed E-state index contributed by atoms with van der Waals surface area (Å²) >= 11 is 12.9. The Balaban J connectivity index is 1.42. The van der Waals surface area contributed by atoms with Crippen LogP contribution in [0.3, 0.4) is 0 Å². The second-order valence-corrected chi connectivity index (χ2v) is 10.7. The Hall–Kier alpha value is -3.81. The maximum absolute atomic E-state index is 11.7. The summed E-state index contributed by atoms with van der Waals surface area (Å²) in [5.41, 5.74) is 4.74. The van der Waals surface area contributed by atoms with E-state index >= 15 is 0 Å². The number of nitrogens with zero attached hydrogens (tertiary/aromatic N) is 3. The summed E-state index contributed by atoms with van der Waals surface area (Å²) in [6.45, 7) is 8.23. The van der Waals surface area contributed by atoms with E-state index in [1.807, 2.05) is 70.2 Å². The highest BCUT2D eigenvalue weighted by molar-refractivity contribution is 6.39. The Morgan fingerprint density at radius 1 is 1.00 bits per heavy atom. The summed E-state index contributed by atoms with van der Waals surface area (Å²) in [5.74, 6) is 0.437. The van der Waals surface area contributed by atoms with Crippen molar-refractivity contribution in [3.63, 3.8) is 0 Å². The maximum atomic E-state index is 11.7.